The molecule has 1 aliphatic heterocycles. The van der Waals surface area contributed by atoms with Crippen LogP contribution in [0.1, 0.15) is 44.7 Å². The Labute approximate surface area is 168 Å². The van der Waals surface area contributed by atoms with E-state index in [1.807, 2.05) is 45.0 Å². The molecule has 1 fully saturated rings. The van der Waals surface area contributed by atoms with Gasteiger partial charge in [-0.1, -0.05) is 30.3 Å². The fourth-order valence-electron chi connectivity index (χ4n) is 3.49. The number of nitrogens with zero attached hydrogens (tertiary/aromatic N) is 1. The first kappa shape index (κ1) is 20.2. The molecule has 0 bridgehead atoms. The Bertz CT molecular complexity index is 787. The standard InChI is InChI=1S/C24H31NO3/c1-18-16-21(10-11-22(18)27-17-19-8-6-5-7-9-19)25-14-12-20(13-15-25)23(26)28-24(2,3)4/h5-11,16,20H,12-15,17H2,1-4H3. The van der Waals surface area contributed by atoms with Gasteiger partial charge in [0.15, 0.2) is 0 Å². The molecule has 0 spiro atoms. The lowest BCUT2D eigenvalue weighted by Crippen LogP contribution is -2.38. The summed E-state index contributed by atoms with van der Waals surface area (Å²) in [6.45, 7) is 10.2. The average Bonchev–Trinajstić information content (AvgIpc) is 2.66. The van der Waals surface area contributed by atoms with Gasteiger partial charge in [0, 0.05) is 18.8 Å². The van der Waals surface area contributed by atoms with Crippen LogP contribution in [-0.4, -0.2) is 24.7 Å². The van der Waals surface area contributed by atoms with Gasteiger partial charge in [-0.25, -0.2) is 0 Å². The number of ether oxygens (including phenoxy) is 2. The molecule has 0 unspecified atom stereocenters. The van der Waals surface area contributed by atoms with E-state index in [1.54, 1.807) is 0 Å². The zero-order valence-electron chi connectivity index (χ0n) is 17.4. The number of aryl methyl sites for hydroxylation is 1. The number of carbonyl (C=O) groups excluding carboxylic acids is 1. The van der Waals surface area contributed by atoms with Gasteiger partial charge < -0.3 is 14.4 Å². The van der Waals surface area contributed by atoms with Crippen molar-refractivity contribution in [1.82, 2.24) is 0 Å². The topological polar surface area (TPSA) is 38.8 Å². The third-order valence-corrected chi connectivity index (χ3v) is 5.00. The molecule has 0 aromatic heterocycles. The van der Waals surface area contributed by atoms with Gasteiger partial charge in [-0.3, -0.25) is 4.79 Å². The highest BCUT2D eigenvalue weighted by molar-refractivity contribution is 5.73. The summed E-state index contributed by atoms with van der Waals surface area (Å²) in [6.07, 6.45) is 1.67. The number of carbonyl (C=O) groups is 1. The molecule has 0 atom stereocenters. The van der Waals surface area contributed by atoms with Crippen LogP contribution in [0, 0.1) is 12.8 Å². The number of hydrogen-bond donors (Lipinski definition) is 0. The van der Waals surface area contributed by atoms with Crippen molar-refractivity contribution in [1.29, 1.82) is 0 Å². The largest absolute Gasteiger partial charge is 0.489 e. The zero-order chi connectivity index (χ0) is 20.1. The molecule has 3 rings (SSSR count). The Kier molecular flexibility index (Phi) is 6.28. The summed E-state index contributed by atoms with van der Waals surface area (Å²) in [7, 11) is 0. The van der Waals surface area contributed by atoms with Crippen LogP contribution < -0.4 is 9.64 Å². The molecule has 0 radical (unpaired) electrons. The van der Waals surface area contributed by atoms with Crippen molar-refractivity contribution < 1.29 is 14.3 Å². The summed E-state index contributed by atoms with van der Waals surface area (Å²) in [5.41, 5.74) is 3.06. The fourth-order valence-corrected chi connectivity index (χ4v) is 3.49. The third-order valence-electron chi connectivity index (χ3n) is 5.00. The highest BCUT2D eigenvalue weighted by Crippen LogP contribution is 2.29. The summed E-state index contributed by atoms with van der Waals surface area (Å²) < 4.78 is 11.5. The average molecular weight is 382 g/mol. The van der Waals surface area contributed by atoms with E-state index in [0.29, 0.717) is 6.61 Å². The maximum atomic E-state index is 12.3. The molecule has 150 valence electrons. The molecule has 28 heavy (non-hydrogen) atoms. The van der Waals surface area contributed by atoms with E-state index in [2.05, 4.69) is 36.1 Å². The molecule has 4 nitrogen and oxygen atoms in total. The SMILES string of the molecule is Cc1cc(N2CCC(C(=O)OC(C)(C)C)CC2)ccc1OCc1ccccc1. The molecular weight excluding hydrogens is 350 g/mol. The van der Waals surface area contributed by atoms with Crippen molar-refractivity contribution in [3.05, 3.63) is 59.7 Å². The predicted molar refractivity (Wildman–Crippen MR) is 113 cm³/mol. The zero-order valence-corrected chi connectivity index (χ0v) is 17.4. The van der Waals surface area contributed by atoms with Crippen LogP contribution in [0.5, 0.6) is 5.75 Å². The van der Waals surface area contributed by atoms with Gasteiger partial charge >= 0.3 is 5.97 Å². The quantitative estimate of drug-likeness (QED) is 0.673. The normalized spacial score (nSPS) is 15.4. The molecule has 0 amide bonds. The van der Waals surface area contributed by atoms with Gasteiger partial charge in [0.2, 0.25) is 0 Å². The number of esters is 1. The van der Waals surface area contributed by atoms with E-state index in [1.165, 1.54) is 5.69 Å². The third kappa shape index (κ3) is 5.51. The van der Waals surface area contributed by atoms with Gasteiger partial charge in [0.1, 0.15) is 18.0 Å². The minimum absolute atomic E-state index is 0.00468. The van der Waals surface area contributed by atoms with Crippen LogP contribution in [0.3, 0.4) is 0 Å². The lowest BCUT2D eigenvalue weighted by atomic mass is 9.96. The van der Waals surface area contributed by atoms with Crippen LogP contribution in [0.2, 0.25) is 0 Å². The summed E-state index contributed by atoms with van der Waals surface area (Å²) in [6, 6.07) is 16.5. The van der Waals surface area contributed by atoms with Crippen LogP contribution in [-0.2, 0) is 16.1 Å². The number of rotatable bonds is 5. The Morgan fingerprint density at radius 3 is 2.36 bits per heavy atom. The molecule has 4 heteroatoms. The molecule has 1 aliphatic rings. The minimum Gasteiger partial charge on any atom is -0.489 e. The van der Waals surface area contributed by atoms with Crippen LogP contribution in [0.25, 0.3) is 0 Å². The minimum atomic E-state index is -0.416. The first-order valence-electron chi connectivity index (χ1n) is 10.1. The monoisotopic (exact) mass is 381 g/mol. The first-order valence-corrected chi connectivity index (χ1v) is 10.1. The van der Waals surface area contributed by atoms with Crippen molar-refractivity contribution >= 4 is 11.7 Å². The highest BCUT2D eigenvalue weighted by Gasteiger charge is 2.29. The number of piperidine rings is 1. The smallest absolute Gasteiger partial charge is 0.309 e. The second-order valence-corrected chi connectivity index (χ2v) is 8.52. The molecule has 1 saturated heterocycles. The van der Waals surface area contributed by atoms with Gasteiger partial charge in [-0.05, 0) is 69.9 Å². The van der Waals surface area contributed by atoms with Gasteiger partial charge in [-0.2, -0.15) is 0 Å². The van der Waals surface area contributed by atoms with Crippen molar-refractivity contribution in [2.24, 2.45) is 5.92 Å². The van der Waals surface area contributed by atoms with E-state index in [9.17, 15) is 4.79 Å². The van der Waals surface area contributed by atoms with Gasteiger partial charge in [-0.15, -0.1) is 0 Å². The molecule has 0 saturated carbocycles. The second kappa shape index (κ2) is 8.68. The molecule has 2 aromatic rings. The van der Waals surface area contributed by atoms with Crippen LogP contribution in [0.15, 0.2) is 48.5 Å². The fraction of sp³-hybridized carbons (Fsp3) is 0.458. The molecule has 2 aromatic carbocycles. The summed E-state index contributed by atoms with van der Waals surface area (Å²) in [5.74, 6) is 0.856. The van der Waals surface area contributed by atoms with E-state index in [4.69, 9.17) is 9.47 Å². The Morgan fingerprint density at radius 2 is 1.75 bits per heavy atom. The molecule has 0 N–H and O–H groups in total. The number of anilines is 1. The number of hydrogen-bond acceptors (Lipinski definition) is 4. The van der Waals surface area contributed by atoms with Crippen molar-refractivity contribution in [3.63, 3.8) is 0 Å². The van der Waals surface area contributed by atoms with Gasteiger partial charge in [0.05, 0.1) is 5.92 Å². The van der Waals surface area contributed by atoms with Crippen molar-refractivity contribution in [3.8, 4) is 5.75 Å². The molecular formula is C24H31NO3. The Hall–Kier alpha value is -2.49. The predicted octanol–water partition coefficient (Wildman–Crippen LogP) is 5.13. The first-order chi connectivity index (χ1) is 13.3. The van der Waals surface area contributed by atoms with Crippen LogP contribution >= 0.6 is 0 Å². The summed E-state index contributed by atoms with van der Waals surface area (Å²) in [4.78, 5) is 14.6. The maximum Gasteiger partial charge on any atom is 0.309 e. The molecule has 0 aliphatic carbocycles. The van der Waals surface area contributed by atoms with Gasteiger partial charge in [0.25, 0.3) is 0 Å². The van der Waals surface area contributed by atoms with Crippen molar-refractivity contribution in [2.75, 3.05) is 18.0 Å². The van der Waals surface area contributed by atoms with E-state index >= 15 is 0 Å². The molecule has 1 heterocycles. The Balaban J connectivity index is 1.55. The van der Waals surface area contributed by atoms with E-state index in [0.717, 1.165) is 42.8 Å². The summed E-state index contributed by atoms with van der Waals surface area (Å²) >= 11 is 0. The maximum absolute atomic E-state index is 12.3. The van der Waals surface area contributed by atoms with E-state index < -0.39 is 5.60 Å². The second-order valence-electron chi connectivity index (χ2n) is 8.52. The van der Waals surface area contributed by atoms with E-state index in [-0.39, 0.29) is 11.9 Å². The lowest BCUT2D eigenvalue weighted by Gasteiger charge is -2.34. The number of benzene rings is 2. The Morgan fingerprint density at radius 1 is 1.07 bits per heavy atom. The lowest BCUT2D eigenvalue weighted by molar-refractivity contribution is -0.160. The van der Waals surface area contributed by atoms with Crippen molar-refractivity contribution in [2.45, 2.75) is 52.7 Å². The summed E-state index contributed by atoms with van der Waals surface area (Å²) in [5, 5.41) is 0. The highest BCUT2D eigenvalue weighted by atomic mass is 16.6. The van der Waals surface area contributed by atoms with Crippen LogP contribution in [0.4, 0.5) is 5.69 Å².